The van der Waals surface area contributed by atoms with Gasteiger partial charge in [0, 0.05) is 6.54 Å². The minimum Gasteiger partial charge on any atom is -0.393 e. The molecule has 0 heterocycles. The average Bonchev–Trinajstić information content (AvgIpc) is 2.08. The fourth-order valence-corrected chi connectivity index (χ4v) is 1.80. The fourth-order valence-electron chi connectivity index (χ4n) is 1.80. The van der Waals surface area contributed by atoms with Crippen LogP contribution in [0.2, 0.25) is 0 Å². The first-order valence-electron chi connectivity index (χ1n) is 4.87. The maximum atomic E-state index is 11.8. The molecule has 78 valence electrons. The molecule has 0 aliphatic heterocycles. The second-order valence-corrected chi connectivity index (χ2v) is 3.66. The summed E-state index contributed by atoms with van der Waals surface area (Å²) in [6, 6.07) is 0. The van der Waals surface area contributed by atoms with Crippen LogP contribution in [-0.2, 0) is 0 Å². The van der Waals surface area contributed by atoms with E-state index in [9.17, 15) is 13.9 Å². The number of halogens is 2. The molecular formula is C9H17F2NO. The lowest BCUT2D eigenvalue weighted by atomic mass is 9.86. The zero-order chi connectivity index (χ0) is 9.68. The van der Waals surface area contributed by atoms with Crippen molar-refractivity contribution in [3.8, 4) is 0 Å². The molecule has 2 nitrogen and oxygen atoms in total. The summed E-state index contributed by atoms with van der Waals surface area (Å²) < 4.78 is 23.5. The standard InChI is InChI=1S/C9H17F2NO/c10-9(11)6-12-5-7-3-1-2-4-8(7)13/h7-9,12-13H,1-6H2. The second-order valence-electron chi connectivity index (χ2n) is 3.66. The third-order valence-electron chi connectivity index (χ3n) is 2.57. The summed E-state index contributed by atoms with van der Waals surface area (Å²) in [6.45, 7) is 0.259. The summed E-state index contributed by atoms with van der Waals surface area (Å²) in [7, 11) is 0. The Morgan fingerprint density at radius 3 is 2.62 bits per heavy atom. The molecule has 4 heteroatoms. The van der Waals surface area contributed by atoms with Gasteiger partial charge in [0.15, 0.2) is 0 Å². The van der Waals surface area contributed by atoms with E-state index in [-0.39, 0.29) is 18.6 Å². The Morgan fingerprint density at radius 1 is 1.31 bits per heavy atom. The van der Waals surface area contributed by atoms with Crippen LogP contribution < -0.4 is 5.32 Å². The predicted molar refractivity (Wildman–Crippen MR) is 46.8 cm³/mol. The summed E-state index contributed by atoms with van der Waals surface area (Å²) >= 11 is 0. The average molecular weight is 193 g/mol. The highest BCUT2D eigenvalue weighted by Gasteiger charge is 2.22. The van der Waals surface area contributed by atoms with E-state index in [4.69, 9.17) is 0 Å². The highest BCUT2D eigenvalue weighted by atomic mass is 19.3. The van der Waals surface area contributed by atoms with Gasteiger partial charge in [-0.2, -0.15) is 0 Å². The van der Waals surface area contributed by atoms with Crippen LogP contribution in [0.25, 0.3) is 0 Å². The van der Waals surface area contributed by atoms with Crippen molar-refractivity contribution >= 4 is 0 Å². The SMILES string of the molecule is OC1CCCCC1CNCC(F)F. The van der Waals surface area contributed by atoms with Gasteiger partial charge < -0.3 is 10.4 Å². The Hall–Kier alpha value is -0.220. The first-order valence-corrected chi connectivity index (χ1v) is 4.87. The molecule has 1 aliphatic carbocycles. The molecule has 1 fully saturated rings. The highest BCUT2D eigenvalue weighted by molar-refractivity contribution is 4.76. The molecule has 0 saturated heterocycles. The van der Waals surface area contributed by atoms with E-state index in [2.05, 4.69) is 5.32 Å². The summed E-state index contributed by atoms with van der Waals surface area (Å²) in [5, 5.41) is 12.2. The van der Waals surface area contributed by atoms with E-state index in [1.807, 2.05) is 0 Å². The fraction of sp³-hybridized carbons (Fsp3) is 1.00. The van der Waals surface area contributed by atoms with Gasteiger partial charge in [-0.05, 0) is 18.8 Å². The number of alkyl halides is 2. The molecule has 0 aromatic carbocycles. The predicted octanol–water partition coefficient (Wildman–Crippen LogP) is 1.39. The molecule has 1 aliphatic rings. The molecule has 13 heavy (non-hydrogen) atoms. The number of aliphatic hydroxyl groups is 1. The van der Waals surface area contributed by atoms with Crippen molar-refractivity contribution in [1.82, 2.24) is 5.32 Å². The molecular weight excluding hydrogens is 176 g/mol. The second kappa shape index (κ2) is 5.50. The highest BCUT2D eigenvalue weighted by Crippen LogP contribution is 2.23. The van der Waals surface area contributed by atoms with Gasteiger partial charge in [-0.25, -0.2) is 8.78 Å². The van der Waals surface area contributed by atoms with Crippen molar-refractivity contribution in [2.75, 3.05) is 13.1 Å². The number of rotatable bonds is 4. The molecule has 1 saturated carbocycles. The number of nitrogens with one attached hydrogen (secondary N) is 1. The Kier molecular flexibility index (Phi) is 4.59. The topological polar surface area (TPSA) is 32.3 Å². The molecule has 0 aromatic rings. The van der Waals surface area contributed by atoms with Crippen molar-refractivity contribution in [3.05, 3.63) is 0 Å². The molecule has 0 radical (unpaired) electrons. The van der Waals surface area contributed by atoms with Gasteiger partial charge in [-0.15, -0.1) is 0 Å². The summed E-state index contributed by atoms with van der Waals surface area (Å²) in [5.74, 6) is 0.174. The van der Waals surface area contributed by atoms with Gasteiger partial charge in [0.1, 0.15) is 0 Å². The van der Waals surface area contributed by atoms with Gasteiger partial charge in [-0.1, -0.05) is 12.8 Å². The first kappa shape index (κ1) is 10.9. The maximum Gasteiger partial charge on any atom is 0.250 e. The van der Waals surface area contributed by atoms with E-state index in [1.54, 1.807) is 0 Å². The zero-order valence-electron chi connectivity index (χ0n) is 7.68. The van der Waals surface area contributed by atoms with Crippen molar-refractivity contribution < 1.29 is 13.9 Å². The molecule has 0 bridgehead atoms. The van der Waals surface area contributed by atoms with Crippen LogP contribution in [0.5, 0.6) is 0 Å². The number of hydrogen-bond acceptors (Lipinski definition) is 2. The smallest absolute Gasteiger partial charge is 0.250 e. The Labute approximate surface area is 77.3 Å². The van der Waals surface area contributed by atoms with Crippen LogP contribution in [0.1, 0.15) is 25.7 Å². The summed E-state index contributed by atoms with van der Waals surface area (Å²) in [4.78, 5) is 0. The monoisotopic (exact) mass is 193 g/mol. The van der Waals surface area contributed by atoms with Gasteiger partial charge in [0.2, 0.25) is 0 Å². The van der Waals surface area contributed by atoms with Crippen LogP contribution in [0.15, 0.2) is 0 Å². The molecule has 0 spiro atoms. The number of aliphatic hydroxyl groups excluding tert-OH is 1. The number of hydrogen-bond donors (Lipinski definition) is 2. The minimum atomic E-state index is -2.29. The van der Waals surface area contributed by atoms with Gasteiger partial charge in [0.25, 0.3) is 6.43 Å². The third kappa shape index (κ3) is 4.00. The summed E-state index contributed by atoms with van der Waals surface area (Å²) in [6.07, 6.45) is 1.36. The lowest BCUT2D eigenvalue weighted by molar-refractivity contribution is 0.0654. The summed E-state index contributed by atoms with van der Waals surface area (Å²) in [5.41, 5.74) is 0. The van der Waals surface area contributed by atoms with Crippen LogP contribution in [0.4, 0.5) is 8.78 Å². The Bertz CT molecular complexity index is 144. The lowest BCUT2D eigenvalue weighted by Crippen LogP contribution is -2.35. The maximum absolute atomic E-state index is 11.8. The van der Waals surface area contributed by atoms with E-state index in [0.29, 0.717) is 6.54 Å². The molecule has 1 rings (SSSR count). The van der Waals surface area contributed by atoms with Gasteiger partial charge in [0.05, 0.1) is 12.6 Å². The van der Waals surface area contributed by atoms with Crippen molar-refractivity contribution in [2.24, 2.45) is 5.92 Å². The van der Waals surface area contributed by atoms with E-state index >= 15 is 0 Å². The van der Waals surface area contributed by atoms with Crippen molar-refractivity contribution in [1.29, 1.82) is 0 Å². The van der Waals surface area contributed by atoms with Crippen molar-refractivity contribution in [3.63, 3.8) is 0 Å². The molecule has 2 atom stereocenters. The van der Waals surface area contributed by atoms with E-state index in [1.165, 1.54) is 0 Å². The molecule has 2 N–H and O–H groups in total. The first-order chi connectivity index (χ1) is 6.20. The van der Waals surface area contributed by atoms with E-state index in [0.717, 1.165) is 25.7 Å². The lowest BCUT2D eigenvalue weighted by Gasteiger charge is -2.27. The quantitative estimate of drug-likeness (QED) is 0.707. The van der Waals surface area contributed by atoms with Crippen LogP contribution in [0, 0.1) is 5.92 Å². The Balaban J connectivity index is 2.11. The minimum absolute atomic E-state index is 0.174. The molecule has 0 aromatic heterocycles. The van der Waals surface area contributed by atoms with Crippen molar-refractivity contribution in [2.45, 2.75) is 38.2 Å². The largest absolute Gasteiger partial charge is 0.393 e. The van der Waals surface area contributed by atoms with E-state index < -0.39 is 6.43 Å². The van der Waals surface area contributed by atoms with Gasteiger partial charge >= 0.3 is 0 Å². The molecule has 2 unspecified atom stereocenters. The van der Waals surface area contributed by atoms with Crippen LogP contribution in [-0.4, -0.2) is 30.7 Å². The third-order valence-corrected chi connectivity index (χ3v) is 2.57. The zero-order valence-corrected chi connectivity index (χ0v) is 7.68. The van der Waals surface area contributed by atoms with Crippen LogP contribution in [0.3, 0.4) is 0 Å². The normalized spacial score (nSPS) is 29.5. The van der Waals surface area contributed by atoms with Crippen LogP contribution >= 0.6 is 0 Å². The van der Waals surface area contributed by atoms with Gasteiger partial charge in [-0.3, -0.25) is 0 Å². The Morgan fingerprint density at radius 2 is 2.00 bits per heavy atom. The molecule has 0 amide bonds.